The second kappa shape index (κ2) is 6.69. The zero-order valence-electron chi connectivity index (χ0n) is 11.8. The first kappa shape index (κ1) is 14.8. The Morgan fingerprint density at radius 1 is 1.25 bits per heavy atom. The number of carbonyl (C=O) groups is 3. The lowest BCUT2D eigenvalue weighted by Gasteiger charge is -2.37. The molecule has 2 rings (SSSR count). The third-order valence-corrected chi connectivity index (χ3v) is 3.74. The molecule has 1 atom stereocenters. The van der Waals surface area contributed by atoms with E-state index in [1.165, 1.54) is 7.11 Å². The summed E-state index contributed by atoms with van der Waals surface area (Å²) in [5.74, 6) is -0.133. The molecule has 112 valence electrons. The van der Waals surface area contributed by atoms with Crippen molar-refractivity contribution in [1.82, 2.24) is 15.1 Å². The molecule has 0 aromatic rings. The molecule has 2 fully saturated rings. The predicted molar refractivity (Wildman–Crippen MR) is 70.8 cm³/mol. The smallest absolute Gasteiger partial charge is 0.248 e. The molecule has 2 saturated heterocycles. The number of nitrogens with one attached hydrogen (secondary N) is 1. The van der Waals surface area contributed by atoms with E-state index in [0.29, 0.717) is 39.0 Å². The average Bonchev–Trinajstić information content (AvgIpc) is 2.47. The number of hydrogen-bond donors (Lipinski definition) is 1. The van der Waals surface area contributed by atoms with Gasteiger partial charge >= 0.3 is 0 Å². The van der Waals surface area contributed by atoms with Crippen molar-refractivity contribution < 1.29 is 19.1 Å². The highest BCUT2D eigenvalue weighted by molar-refractivity contribution is 5.89. The fraction of sp³-hybridized carbons (Fsp3) is 0.769. The number of methoxy groups -OCH3 is 1. The molecule has 0 unspecified atom stereocenters. The summed E-state index contributed by atoms with van der Waals surface area (Å²) in [6.07, 6.45) is 1.96. The summed E-state index contributed by atoms with van der Waals surface area (Å²) < 4.78 is 4.82. The lowest BCUT2D eigenvalue weighted by Crippen LogP contribution is -2.57. The summed E-state index contributed by atoms with van der Waals surface area (Å²) in [7, 11) is 1.49. The van der Waals surface area contributed by atoms with Gasteiger partial charge in [-0.25, -0.2) is 0 Å². The quantitative estimate of drug-likeness (QED) is 0.718. The molecular weight excluding hydrogens is 262 g/mol. The maximum absolute atomic E-state index is 12.3. The molecule has 1 N–H and O–H groups in total. The van der Waals surface area contributed by atoms with Crippen molar-refractivity contribution >= 4 is 17.7 Å². The number of piperazine rings is 1. The second-order valence-corrected chi connectivity index (χ2v) is 5.15. The van der Waals surface area contributed by atoms with Gasteiger partial charge in [0, 0.05) is 39.7 Å². The topological polar surface area (TPSA) is 79.0 Å². The maximum atomic E-state index is 12.3. The molecule has 0 bridgehead atoms. The minimum absolute atomic E-state index is 0.0307. The van der Waals surface area contributed by atoms with Crippen LogP contribution in [-0.2, 0) is 19.1 Å². The Morgan fingerprint density at radius 2 is 1.90 bits per heavy atom. The molecule has 0 radical (unpaired) electrons. The van der Waals surface area contributed by atoms with Crippen LogP contribution in [0.1, 0.15) is 19.3 Å². The van der Waals surface area contributed by atoms with E-state index in [2.05, 4.69) is 5.32 Å². The normalized spacial score (nSPS) is 23.4. The molecule has 0 spiro atoms. The van der Waals surface area contributed by atoms with Crippen molar-refractivity contribution in [2.24, 2.45) is 0 Å². The first-order valence-electron chi connectivity index (χ1n) is 6.96. The average molecular weight is 283 g/mol. The molecule has 0 saturated carbocycles. The van der Waals surface area contributed by atoms with Gasteiger partial charge in [-0.2, -0.15) is 0 Å². The Morgan fingerprint density at radius 3 is 2.50 bits per heavy atom. The minimum atomic E-state index is -0.391. The molecule has 7 heteroatoms. The molecule has 2 heterocycles. The first-order valence-corrected chi connectivity index (χ1v) is 6.96. The third kappa shape index (κ3) is 3.47. The highest BCUT2D eigenvalue weighted by Crippen LogP contribution is 2.12. The van der Waals surface area contributed by atoms with E-state index in [-0.39, 0.29) is 24.3 Å². The van der Waals surface area contributed by atoms with E-state index in [0.717, 1.165) is 6.42 Å². The molecular formula is C13H21N3O4. The minimum Gasteiger partial charge on any atom is -0.375 e. The Hall–Kier alpha value is -1.63. The number of amides is 3. The monoisotopic (exact) mass is 283 g/mol. The Bertz CT molecular complexity index is 391. The molecule has 0 aliphatic carbocycles. The molecule has 3 amide bonds. The van der Waals surface area contributed by atoms with Crippen LogP contribution < -0.4 is 5.32 Å². The summed E-state index contributed by atoms with van der Waals surface area (Å²) in [6.45, 7) is 2.15. The van der Waals surface area contributed by atoms with Gasteiger partial charge in [0.25, 0.3) is 0 Å². The van der Waals surface area contributed by atoms with Crippen LogP contribution in [0, 0.1) is 0 Å². The Labute approximate surface area is 118 Å². The fourth-order valence-corrected chi connectivity index (χ4v) is 2.60. The van der Waals surface area contributed by atoms with Crippen molar-refractivity contribution in [3.8, 4) is 0 Å². The van der Waals surface area contributed by atoms with Gasteiger partial charge in [-0.1, -0.05) is 0 Å². The number of nitrogens with zero attached hydrogens (tertiary/aromatic N) is 2. The van der Waals surface area contributed by atoms with Crippen LogP contribution >= 0.6 is 0 Å². The van der Waals surface area contributed by atoms with Gasteiger partial charge in [0.05, 0.1) is 0 Å². The van der Waals surface area contributed by atoms with Gasteiger partial charge in [0.2, 0.25) is 17.7 Å². The molecule has 0 aromatic carbocycles. The van der Waals surface area contributed by atoms with E-state index in [9.17, 15) is 14.4 Å². The third-order valence-electron chi connectivity index (χ3n) is 3.74. The number of rotatable bonds is 3. The van der Waals surface area contributed by atoms with Crippen molar-refractivity contribution in [1.29, 1.82) is 0 Å². The number of hydrogen-bond acceptors (Lipinski definition) is 4. The summed E-state index contributed by atoms with van der Waals surface area (Å²) in [5, 5.41) is 2.74. The highest BCUT2D eigenvalue weighted by atomic mass is 16.5. The molecule has 2 aliphatic heterocycles. The van der Waals surface area contributed by atoms with Gasteiger partial charge < -0.3 is 19.9 Å². The standard InChI is InChI=1S/C13H21N3O4/c1-20-9-12(18)15-5-7-16(8-6-15)13(19)10-3-2-4-11(17)14-10/h10H,2-9H2,1H3,(H,14,17)/t10-/m1/s1. The van der Waals surface area contributed by atoms with Crippen molar-refractivity contribution in [2.45, 2.75) is 25.3 Å². The van der Waals surface area contributed by atoms with Crippen LogP contribution in [0.4, 0.5) is 0 Å². The van der Waals surface area contributed by atoms with Crippen LogP contribution in [-0.4, -0.2) is 73.5 Å². The van der Waals surface area contributed by atoms with E-state index in [1.54, 1.807) is 9.80 Å². The largest absolute Gasteiger partial charge is 0.375 e. The van der Waals surface area contributed by atoms with Gasteiger partial charge in [-0.05, 0) is 12.8 Å². The van der Waals surface area contributed by atoms with Crippen LogP contribution in [0.15, 0.2) is 0 Å². The van der Waals surface area contributed by atoms with Crippen LogP contribution in [0.25, 0.3) is 0 Å². The van der Waals surface area contributed by atoms with E-state index < -0.39 is 6.04 Å². The molecule has 7 nitrogen and oxygen atoms in total. The van der Waals surface area contributed by atoms with Gasteiger partial charge in [0.1, 0.15) is 12.6 Å². The van der Waals surface area contributed by atoms with Gasteiger partial charge in [-0.3, -0.25) is 14.4 Å². The Kier molecular flexibility index (Phi) is 4.94. The van der Waals surface area contributed by atoms with E-state index in [1.807, 2.05) is 0 Å². The first-order chi connectivity index (χ1) is 9.61. The second-order valence-electron chi connectivity index (χ2n) is 5.15. The Balaban J connectivity index is 1.82. The van der Waals surface area contributed by atoms with Crippen molar-refractivity contribution in [2.75, 3.05) is 39.9 Å². The van der Waals surface area contributed by atoms with E-state index >= 15 is 0 Å². The maximum Gasteiger partial charge on any atom is 0.248 e. The van der Waals surface area contributed by atoms with Crippen LogP contribution in [0.3, 0.4) is 0 Å². The number of ether oxygens (including phenoxy) is 1. The van der Waals surface area contributed by atoms with Crippen molar-refractivity contribution in [3.63, 3.8) is 0 Å². The summed E-state index contributed by atoms with van der Waals surface area (Å²) in [5.41, 5.74) is 0. The lowest BCUT2D eigenvalue weighted by molar-refractivity contribution is -0.144. The molecule has 0 aromatic heterocycles. The highest BCUT2D eigenvalue weighted by Gasteiger charge is 2.31. The lowest BCUT2D eigenvalue weighted by atomic mass is 10.0. The van der Waals surface area contributed by atoms with Crippen LogP contribution in [0.5, 0.6) is 0 Å². The van der Waals surface area contributed by atoms with Crippen molar-refractivity contribution in [3.05, 3.63) is 0 Å². The molecule has 2 aliphatic rings. The molecule has 20 heavy (non-hydrogen) atoms. The van der Waals surface area contributed by atoms with Gasteiger partial charge in [-0.15, -0.1) is 0 Å². The fourth-order valence-electron chi connectivity index (χ4n) is 2.60. The number of piperidine rings is 1. The number of carbonyl (C=O) groups excluding carboxylic acids is 3. The van der Waals surface area contributed by atoms with E-state index in [4.69, 9.17) is 4.74 Å². The SMILES string of the molecule is COCC(=O)N1CCN(C(=O)[C@H]2CCCC(=O)N2)CC1. The summed E-state index contributed by atoms with van der Waals surface area (Å²) >= 11 is 0. The summed E-state index contributed by atoms with van der Waals surface area (Å²) in [4.78, 5) is 38.7. The van der Waals surface area contributed by atoms with Crippen LogP contribution in [0.2, 0.25) is 0 Å². The zero-order chi connectivity index (χ0) is 14.5. The predicted octanol–water partition coefficient (Wildman–Crippen LogP) is -1.03. The summed E-state index contributed by atoms with van der Waals surface area (Å²) in [6, 6.07) is -0.391. The zero-order valence-corrected chi connectivity index (χ0v) is 11.8. The van der Waals surface area contributed by atoms with Gasteiger partial charge in [0.15, 0.2) is 0 Å².